The number of carbonyl (C=O) groups is 3. The Labute approximate surface area is 151 Å². The molecule has 0 spiro atoms. The van der Waals surface area contributed by atoms with E-state index in [0.717, 1.165) is 10.4 Å². The molecule has 1 aliphatic rings. The molecule has 2 N–H and O–H groups in total. The number of hydrogen-bond acceptors (Lipinski definition) is 6. The van der Waals surface area contributed by atoms with Gasteiger partial charge in [0.25, 0.3) is 21.8 Å². The lowest BCUT2D eigenvalue weighted by atomic mass is 10.0. The number of carboxylic acids is 1. The average Bonchev–Trinajstić information content (AvgIpc) is 2.73. The van der Waals surface area contributed by atoms with E-state index in [-0.39, 0.29) is 22.6 Å². The quantitative estimate of drug-likeness (QED) is 0.728. The molecule has 1 aromatic carbocycles. The van der Waals surface area contributed by atoms with Gasteiger partial charge in [0.2, 0.25) is 0 Å². The third-order valence-electron chi connectivity index (χ3n) is 3.97. The maximum Gasteiger partial charge on any atom is 0.331 e. The Hall–Kier alpha value is -2.46. The third kappa shape index (κ3) is 3.17. The van der Waals surface area contributed by atoms with Crippen LogP contribution in [0, 0.1) is 0 Å². The molecule has 0 saturated carbocycles. The van der Waals surface area contributed by atoms with Crippen LogP contribution in [0.4, 0.5) is 0 Å². The average molecular weight is 384 g/mol. The van der Waals surface area contributed by atoms with Crippen LogP contribution in [-0.2, 0) is 19.6 Å². The molecule has 1 aliphatic heterocycles. The van der Waals surface area contributed by atoms with Gasteiger partial charge in [0, 0.05) is 18.7 Å². The van der Waals surface area contributed by atoms with Crippen LogP contribution in [0.15, 0.2) is 23.1 Å². The highest BCUT2D eigenvalue weighted by atomic mass is 32.2. The van der Waals surface area contributed by atoms with E-state index in [1.54, 1.807) is 13.8 Å². The number of sulfonamides is 1. The van der Waals surface area contributed by atoms with Crippen LogP contribution in [0.3, 0.4) is 0 Å². The zero-order valence-electron chi connectivity index (χ0n) is 14.8. The van der Waals surface area contributed by atoms with E-state index in [2.05, 4.69) is 5.32 Å². The van der Waals surface area contributed by atoms with Crippen LogP contribution in [0.5, 0.6) is 0 Å². The summed E-state index contributed by atoms with van der Waals surface area (Å²) in [5.74, 6) is -2.75. The SMILES string of the molecule is COCC(C)(NC(=O)c1ccc2c(c1)S(=O)(=O)N(C(C)C)C2=O)C(=O)O. The predicted molar refractivity (Wildman–Crippen MR) is 90.3 cm³/mol. The van der Waals surface area contributed by atoms with Gasteiger partial charge in [0.1, 0.15) is 4.90 Å². The van der Waals surface area contributed by atoms with Gasteiger partial charge >= 0.3 is 5.97 Å². The summed E-state index contributed by atoms with van der Waals surface area (Å²) >= 11 is 0. The summed E-state index contributed by atoms with van der Waals surface area (Å²) in [6, 6.07) is 3.03. The number of nitrogens with one attached hydrogen (secondary N) is 1. The van der Waals surface area contributed by atoms with Crippen molar-refractivity contribution in [3.63, 3.8) is 0 Å². The second-order valence-corrected chi connectivity index (χ2v) is 8.22. The molecule has 26 heavy (non-hydrogen) atoms. The number of ether oxygens (including phenoxy) is 1. The van der Waals surface area contributed by atoms with Gasteiger partial charge in [-0.1, -0.05) is 0 Å². The molecule has 2 rings (SSSR count). The lowest BCUT2D eigenvalue weighted by Gasteiger charge is -2.25. The van der Waals surface area contributed by atoms with Crippen LogP contribution >= 0.6 is 0 Å². The van der Waals surface area contributed by atoms with E-state index < -0.39 is 39.4 Å². The van der Waals surface area contributed by atoms with Crippen molar-refractivity contribution < 1.29 is 32.6 Å². The summed E-state index contributed by atoms with van der Waals surface area (Å²) in [4.78, 5) is 35.8. The smallest absolute Gasteiger partial charge is 0.331 e. The van der Waals surface area contributed by atoms with Crippen LogP contribution in [-0.4, -0.2) is 60.9 Å². The second kappa shape index (κ2) is 6.69. The predicted octanol–water partition coefficient (Wildman–Crippen LogP) is 0.459. The summed E-state index contributed by atoms with van der Waals surface area (Å²) in [5, 5.41) is 11.6. The first-order chi connectivity index (χ1) is 12.0. The minimum atomic E-state index is -4.06. The zero-order chi connectivity index (χ0) is 19.9. The van der Waals surface area contributed by atoms with Crippen molar-refractivity contribution in [3.05, 3.63) is 29.3 Å². The number of fused-ring (bicyclic) bond motifs is 1. The Kier molecular flexibility index (Phi) is 5.11. The van der Waals surface area contributed by atoms with Crippen molar-refractivity contribution in [2.75, 3.05) is 13.7 Å². The molecule has 0 aromatic heterocycles. The molecule has 0 aliphatic carbocycles. The number of rotatable bonds is 6. The third-order valence-corrected chi connectivity index (χ3v) is 5.97. The fraction of sp³-hybridized carbons (Fsp3) is 0.438. The van der Waals surface area contributed by atoms with Gasteiger partial charge in [-0.3, -0.25) is 9.59 Å². The standard InChI is InChI=1S/C16H20N2O7S/c1-9(2)18-14(20)11-6-5-10(7-12(11)26(18,23)24)13(19)17-16(3,8-25-4)15(21)22/h5-7,9H,8H2,1-4H3,(H,17,19)(H,21,22). The number of hydrogen-bond donors (Lipinski definition) is 2. The number of benzene rings is 1. The first-order valence-corrected chi connectivity index (χ1v) is 9.17. The Bertz CT molecular complexity index is 879. The summed E-state index contributed by atoms with van der Waals surface area (Å²) in [7, 11) is -2.77. The summed E-state index contributed by atoms with van der Waals surface area (Å²) < 4.78 is 30.7. The van der Waals surface area contributed by atoms with Crippen LogP contribution in [0.2, 0.25) is 0 Å². The molecule has 10 heteroatoms. The van der Waals surface area contributed by atoms with E-state index in [0.29, 0.717) is 0 Å². The Morgan fingerprint density at radius 1 is 1.35 bits per heavy atom. The summed E-state index contributed by atoms with van der Waals surface area (Å²) in [5.41, 5.74) is -1.79. The van der Waals surface area contributed by atoms with E-state index in [9.17, 15) is 27.9 Å². The molecule has 0 radical (unpaired) electrons. The first kappa shape index (κ1) is 19.9. The van der Waals surface area contributed by atoms with Gasteiger partial charge < -0.3 is 15.2 Å². The van der Waals surface area contributed by atoms with E-state index >= 15 is 0 Å². The molecule has 1 unspecified atom stereocenters. The van der Waals surface area contributed by atoms with Crippen molar-refractivity contribution in [1.82, 2.24) is 9.62 Å². The topological polar surface area (TPSA) is 130 Å². The van der Waals surface area contributed by atoms with Crippen molar-refractivity contribution in [2.24, 2.45) is 0 Å². The number of methoxy groups -OCH3 is 1. The maximum absolute atomic E-state index is 12.6. The van der Waals surface area contributed by atoms with Crippen LogP contribution < -0.4 is 5.32 Å². The Morgan fingerprint density at radius 3 is 2.46 bits per heavy atom. The lowest BCUT2D eigenvalue weighted by molar-refractivity contribution is -0.145. The Balaban J connectivity index is 2.42. The van der Waals surface area contributed by atoms with Gasteiger partial charge in [0.05, 0.1) is 12.2 Å². The number of amides is 2. The number of carbonyl (C=O) groups excluding carboxylic acids is 2. The lowest BCUT2D eigenvalue weighted by Crippen LogP contribution is -2.55. The summed E-state index contributed by atoms with van der Waals surface area (Å²) in [6.45, 7) is 4.12. The first-order valence-electron chi connectivity index (χ1n) is 7.73. The molecular formula is C16H20N2O7S. The van der Waals surface area contributed by atoms with E-state index in [1.165, 1.54) is 26.2 Å². The van der Waals surface area contributed by atoms with Gasteiger partial charge in [-0.05, 0) is 39.0 Å². The number of carboxylic acid groups (broad SMARTS) is 1. The minimum Gasteiger partial charge on any atom is -0.479 e. The fourth-order valence-corrected chi connectivity index (χ4v) is 4.46. The summed E-state index contributed by atoms with van der Waals surface area (Å²) in [6.07, 6.45) is 0. The molecule has 2 amide bonds. The molecule has 9 nitrogen and oxygen atoms in total. The van der Waals surface area contributed by atoms with Crippen molar-refractivity contribution in [3.8, 4) is 0 Å². The number of nitrogens with zero attached hydrogens (tertiary/aromatic N) is 1. The van der Waals surface area contributed by atoms with E-state index in [4.69, 9.17) is 4.74 Å². The molecular weight excluding hydrogens is 364 g/mol. The monoisotopic (exact) mass is 384 g/mol. The maximum atomic E-state index is 12.6. The largest absolute Gasteiger partial charge is 0.479 e. The highest BCUT2D eigenvalue weighted by molar-refractivity contribution is 7.90. The van der Waals surface area contributed by atoms with Crippen LogP contribution in [0.1, 0.15) is 41.5 Å². The fourth-order valence-electron chi connectivity index (χ4n) is 2.66. The molecule has 142 valence electrons. The molecule has 1 aromatic rings. The van der Waals surface area contributed by atoms with E-state index in [1.807, 2.05) is 0 Å². The zero-order valence-corrected chi connectivity index (χ0v) is 15.6. The van der Waals surface area contributed by atoms with Crippen molar-refractivity contribution in [2.45, 2.75) is 37.2 Å². The van der Waals surface area contributed by atoms with Gasteiger partial charge in [0.15, 0.2) is 5.54 Å². The molecule has 0 fully saturated rings. The molecule has 1 atom stereocenters. The molecule has 0 saturated heterocycles. The van der Waals surface area contributed by atoms with Gasteiger partial charge in [-0.25, -0.2) is 17.5 Å². The highest BCUT2D eigenvalue weighted by Gasteiger charge is 2.43. The molecule has 0 bridgehead atoms. The van der Waals surface area contributed by atoms with Crippen LogP contribution in [0.25, 0.3) is 0 Å². The van der Waals surface area contributed by atoms with Crippen molar-refractivity contribution >= 4 is 27.8 Å². The Morgan fingerprint density at radius 2 is 1.96 bits per heavy atom. The number of aliphatic carboxylic acids is 1. The molecule has 1 heterocycles. The second-order valence-electron chi connectivity index (χ2n) is 6.44. The minimum absolute atomic E-state index is 0.0202. The normalized spacial score (nSPS) is 17.7. The highest BCUT2D eigenvalue weighted by Crippen LogP contribution is 2.32. The van der Waals surface area contributed by atoms with Gasteiger partial charge in [-0.15, -0.1) is 0 Å². The van der Waals surface area contributed by atoms with Gasteiger partial charge in [-0.2, -0.15) is 0 Å². The van der Waals surface area contributed by atoms with Crippen molar-refractivity contribution in [1.29, 1.82) is 0 Å².